The van der Waals surface area contributed by atoms with E-state index in [-0.39, 0.29) is 17.7 Å². The van der Waals surface area contributed by atoms with Gasteiger partial charge < -0.3 is 20.1 Å². The molecule has 2 N–H and O–H groups in total. The van der Waals surface area contributed by atoms with Crippen molar-refractivity contribution in [1.82, 2.24) is 14.4 Å². The quantitative estimate of drug-likeness (QED) is 0.893. The van der Waals surface area contributed by atoms with E-state index in [4.69, 9.17) is 5.73 Å². The normalized spacial score (nSPS) is 19.5. The molecule has 1 aromatic carbocycles. The first-order valence-electron chi connectivity index (χ1n) is 8.21. The van der Waals surface area contributed by atoms with Crippen molar-refractivity contribution in [2.45, 2.75) is 6.92 Å². The number of rotatable bonds is 2. The van der Waals surface area contributed by atoms with Gasteiger partial charge >= 0.3 is 0 Å². The Morgan fingerprint density at radius 2 is 1.83 bits per heavy atom. The van der Waals surface area contributed by atoms with Gasteiger partial charge in [0.1, 0.15) is 0 Å². The standard InChI is InChI=1S/C18H24N4O2/c1-12-16(14-6-4-5-7-15(14)21(12)3)18(24)22-9-8-20(2)10-13(11-22)17(19)23/h4-7,13H,8-11H2,1-3H3,(H2,19,23). The van der Waals surface area contributed by atoms with Crippen LogP contribution < -0.4 is 5.73 Å². The predicted molar refractivity (Wildman–Crippen MR) is 93.7 cm³/mol. The highest BCUT2D eigenvalue weighted by molar-refractivity contribution is 6.08. The number of nitrogens with zero attached hydrogens (tertiary/aromatic N) is 3. The van der Waals surface area contributed by atoms with Crippen molar-refractivity contribution in [2.75, 3.05) is 33.2 Å². The maximum absolute atomic E-state index is 13.2. The Labute approximate surface area is 141 Å². The molecule has 6 nitrogen and oxygen atoms in total. The molecule has 0 radical (unpaired) electrons. The van der Waals surface area contributed by atoms with Crippen LogP contribution >= 0.6 is 0 Å². The molecule has 0 bridgehead atoms. The lowest BCUT2D eigenvalue weighted by molar-refractivity contribution is -0.122. The molecule has 1 unspecified atom stereocenters. The summed E-state index contributed by atoms with van der Waals surface area (Å²) in [5.41, 5.74) is 8.22. The maximum Gasteiger partial charge on any atom is 0.256 e. The van der Waals surface area contributed by atoms with Crippen LogP contribution in [0.3, 0.4) is 0 Å². The molecular formula is C18H24N4O2. The average molecular weight is 328 g/mol. The van der Waals surface area contributed by atoms with Gasteiger partial charge in [-0.3, -0.25) is 9.59 Å². The number of benzene rings is 1. The van der Waals surface area contributed by atoms with Crippen LogP contribution in [0, 0.1) is 12.8 Å². The second-order valence-electron chi connectivity index (χ2n) is 6.65. The molecular weight excluding hydrogens is 304 g/mol. The highest BCUT2D eigenvalue weighted by Gasteiger charge is 2.30. The largest absolute Gasteiger partial charge is 0.369 e. The first-order valence-corrected chi connectivity index (χ1v) is 8.21. The summed E-state index contributed by atoms with van der Waals surface area (Å²) in [6.07, 6.45) is 0. The summed E-state index contributed by atoms with van der Waals surface area (Å²) in [4.78, 5) is 28.7. The molecule has 2 aromatic rings. The van der Waals surface area contributed by atoms with Gasteiger partial charge in [-0.25, -0.2) is 0 Å². The Hall–Kier alpha value is -2.34. The van der Waals surface area contributed by atoms with Crippen LogP contribution in [0.5, 0.6) is 0 Å². The lowest BCUT2D eigenvalue weighted by Gasteiger charge is -2.23. The number of hydrogen-bond donors (Lipinski definition) is 1. The van der Waals surface area contributed by atoms with Crippen LogP contribution in [-0.2, 0) is 11.8 Å². The number of primary amides is 1. The molecule has 6 heteroatoms. The van der Waals surface area contributed by atoms with Crippen LogP contribution in [0.15, 0.2) is 24.3 Å². The number of nitrogens with two attached hydrogens (primary N) is 1. The van der Waals surface area contributed by atoms with Gasteiger partial charge in [0.2, 0.25) is 5.91 Å². The van der Waals surface area contributed by atoms with Gasteiger partial charge in [0.25, 0.3) is 5.91 Å². The monoisotopic (exact) mass is 328 g/mol. The van der Waals surface area contributed by atoms with Crippen LogP contribution in [-0.4, -0.2) is 59.4 Å². The Kier molecular flexibility index (Phi) is 4.32. The van der Waals surface area contributed by atoms with Crippen molar-refractivity contribution in [3.05, 3.63) is 35.5 Å². The number of para-hydroxylation sites is 1. The van der Waals surface area contributed by atoms with Crippen molar-refractivity contribution in [3.8, 4) is 0 Å². The highest BCUT2D eigenvalue weighted by Crippen LogP contribution is 2.26. The minimum atomic E-state index is -0.351. The first kappa shape index (κ1) is 16.5. The Bertz CT molecular complexity index is 796. The zero-order valence-electron chi connectivity index (χ0n) is 14.5. The van der Waals surface area contributed by atoms with Crippen molar-refractivity contribution in [3.63, 3.8) is 0 Å². The van der Waals surface area contributed by atoms with Crippen molar-refractivity contribution in [2.24, 2.45) is 18.7 Å². The van der Waals surface area contributed by atoms with Crippen molar-refractivity contribution >= 4 is 22.7 Å². The van der Waals surface area contributed by atoms with Crippen molar-refractivity contribution in [1.29, 1.82) is 0 Å². The molecule has 128 valence electrons. The summed E-state index contributed by atoms with van der Waals surface area (Å²) >= 11 is 0. The number of fused-ring (bicyclic) bond motifs is 1. The summed E-state index contributed by atoms with van der Waals surface area (Å²) < 4.78 is 2.04. The topological polar surface area (TPSA) is 71.6 Å². The second-order valence-corrected chi connectivity index (χ2v) is 6.65. The van der Waals surface area contributed by atoms with E-state index in [2.05, 4.69) is 4.90 Å². The first-order chi connectivity index (χ1) is 11.4. The zero-order valence-corrected chi connectivity index (χ0v) is 14.5. The van der Waals surface area contributed by atoms with Gasteiger partial charge in [-0.2, -0.15) is 0 Å². The number of likely N-dealkylation sites (N-methyl/N-ethyl adjacent to an activating group) is 1. The molecule has 0 aliphatic carbocycles. The van der Waals surface area contributed by atoms with Gasteiger partial charge in [-0.1, -0.05) is 18.2 Å². The number of amides is 2. The molecule has 0 saturated carbocycles. The van der Waals surface area contributed by atoms with E-state index in [1.807, 2.05) is 49.9 Å². The molecule has 24 heavy (non-hydrogen) atoms. The van der Waals surface area contributed by atoms with E-state index in [1.165, 1.54) is 0 Å². The minimum absolute atomic E-state index is 0.0224. The van der Waals surface area contributed by atoms with E-state index < -0.39 is 0 Å². The van der Waals surface area contributed by atoms with E-state index in [9.17, 15) is 9.59 Å². The molecule has 2 amide bonds. The van der Waals surface area contributed by atoms with Gasteiger partial charge in [0.15, 0.2) is 0 Å². The second kappa shape index (κ2) is 6.28. The minimum Gasteiger partial charge on any atom is -0.369 e. The fourth-order valence-corrected chi connectivity index (χ4v) is 3.49. The molecule has 0 spiro atoms. The SMILES string of the molecule is Cc1c(C(=O)N2CCN(C)CC(C(N)=O)C2)c2ccccc2n1C. The number of aryl methyl sites for hydroxylation is 1. The average Bonchev–Trinajstić information content (AvgIpc) is 2.71. The van der Waals surface area contributed by atoms with Gasteiger partial charge in [-0.05, 0) is 20.0 Å². The summed E-state index contributed by atoms with van der Waals surface area (Å²) in [6, 6.07) is 7.91. The third kappa shape index (κ3) is 2.78. The summed E-state index contributed by atoms with van der Waals surface area (Å²) in [5.74, 6) is -0.709. The molecule has 3 rings (SSSR count). The lowest BCUT2D eigenvalue weighted by atomic mass is 10.1. The molecule has 1 saturated heterocycles. The van der Waals surface area contributed by atoms with Gasteiger partial charge in [0, 0.05) is 49.8 Å². The Balaban J connectivity index is 1.99. The summed E-state index contributed by atoms with van der Waals surface area (Å²) in [7, 11) is 3.92. The third-order valence-electron chi connectivity index (χ3n) is 5.03. The number of carbonyl (C=O) groups is 2. The molecule has 1 fully saturated rings. The maximum atomic E-state index is 13.2. The lowest BCUT2D eigenvalue weighted by Crippen LogP contribution is -2.40. The molecule has 1 aliphatic heterocycles. The van der Waals surface area contributed by atoms with E-state index in [1.54, 1.807) is 4.90 Å². The van der Waals surface area contributed by atoms with E-state index in [0.29, 0.717) is 19.6 Å². The van der Waals surface area contributed by atoms with Crippen LogP contribution in [0.2, 0.25) is 0 Å². The van der Waals surface area contributed by atoms with Crippen LogP contribution in [0.25, 0.3) is 10.9 Å². The fourth-order valence-electron chi connectivity index (χ4n) is 3.49. The molecule has 2 heterocycles. The Morgan fingerprint density at radius 3 is 2.54 bits per heavy atom. The van der Waals surface area contributed by atoms with Crippen LogP contribution in [0.4, 0.5) is 0 Å². The molecule has 1 aromatic heterocycles. The molecule has 1 atom stereocenters. The number of carbonyl (C=O) groups excluding carboxylic acids is 2. The van der Waals surface area contributed by atoms with E-state index in [0.717, 1.165) is 28.7 Å². The van der Waals surface area contributed by atoms with Gasteiger partial charge in [-0.15, -0.1) is 0 Å². The predicted octanol–water partition coefficient (Wildman–Crippen LogP) is 0.976. The summed E-state index contributed by atoms with van der Waals surface area (Å²) in [6.45, 7) is 4.26. The van der Waals surface area contributed by atoms with Gasteiger partial charge in [0.05, 0.1) is 11.5 Å². The zero-order chi connectivity index (χ0) is 17.4. The third-order valence-corrected chi connectivity index (χ3v) is 5.03. The fraction of sp³-hybridized carbons (Fsp3) is 0.444. The Morgan fingerprint density at radius 1 is 1.12 bits per heavy atom. The smallest absolute Gasteiger partial charge is 0.256 e. The highest BCUT2D eigenvalue weighted by atomic mass is 16.2. The number of hydrogen-bond acceptors (Lipinski definition) is 3. The van der Waals surface area contributed by atoms with E-state index >= 15 is 0 Å². The van der Waals surface area contributed by atoms with Crippen molar-refractivity contribution < 1.29 is 9.59 Å². The number of aromatic nitrogens is 1. The van der Waals surface area contributed by atoms with Crippen LogP contribution in [0.1, 0.15) is 16.1 Å². The summed E-state index contributed by atoms with van der Waals surface area (Å²) in [5, 5.41) is 0.954. The molecule has 1 aliphatic rings.